The highest BCUT2D eigenvalue weighted by atomic mass is 79.9. The summed E-state index contributed by atoms with van der Waals surface area (Å²) in [7, 11) is 0. The molecule has 4 heteroatoms. The average molecular weight is 300 g/mol. The molecular weight excluding hydrogens is 282 g/mol. The monoisotopic (exact) mass is 299 g/mol. The van der Waals surface area contributed by atoms with Crippen molar-refractivity contribution in [3.8, 4) is 5.75 Å². The third-order valence-electron chi connectivity index (χ3n) is 2.54. The number of benzene rings is 1. The van der Waals surface area contributed by atoms with Crippen molar-refractivity contribution in [2.24, 2.45) is 0 Å². The molecule has 0 saturated carbocycles. The van der Waals surface area contributed by atoms with Crippen LogP contribution in [-0.4, -0.2) is 21.9 Å². The van der Waals surface area contributed by atoms with Crippen LogP contribution in [-0.2, 0) is 11.2 Å². The SMILES string of the molecule is CC(C)(CCBr)NC(=O)Cc1ccccc1O. The van der Waals surface area contributed by atoms with Crippen LogP contribution in [0.3, 0.4) is 0 Å². The van der Waals surface area contributed by atoms with E-state index in [0.29, 0.717) is 5.56 Å². The first-order chi connectivity index (χ1) is 7.94. The minimum Gasteiger partial charge on any atom is -0.508 e. The van der Waals surface area contributed by atoms with E-state index in [4.69, 9.17) is 0 Å². The lowest BCUT2D eigenvalue weighted by Crippen LogP contribution is -2.44. The quantitative estimate of drug-likeness (QED) is 0.821. The summed E-state index contributed by atoms with van der Waals surface area (Å²) in [4.78, 5) is 11.8. The number of carbonyl (C=O) groups excluding carboxylic acids is 1. The number of rotatable bonds is 5. The highest BCUT2D eigenvalue weighted by Gasteiger charge is 2.19. The van der Waals surface area contributed by atoms with Gasteiger partial charge in [-0.15, -0.1) is 0 Å². The van der Waals surface area contributed by atoms with Crippen LogP contribution in [0.5, 0.6) is 5.75 Å². The first kappa shape index (κ1) is 14.0. The minimum atomic E-state index is -0.231. The van der Waals surface area contributed by atoms with Gasteiger partial charge in [0.05, 0.1) is 6.42 Å². The Morgan fingerprint density at radius 2 is 2.06 bits per heavy atom. The largest absolute Gasteiger partial charge is 0.508 e. The van der Waals surface area contributed by atoms with Gasteiger partial charge in [-0.2, -0.15) is 0 Å². The van der Waals surface area contributed by atoms with Crippen LogP contribution in [0, 0.1) is 0 Å². The van der Waals surface area contributed by atoms with Gasteiger partial charge in [0.2, 0.25) is 5.91 Å². The molecule has 1 aromatic rings. The third kappa shape index (κ3) is 4.77. The minimum absolute atomic E-state index is 0.0718. The van der Waals surface area contributed by atoms with Crippen LogP contribution in [0.2, 0.25) is 0 Å². The first-order valence-corrected chi connectivity index (χ1v) is 6.70. The van der Waals surface area contributed by atoms with Crippen molar-refractivity contribution in [1.29, 1.82) is 0 Å². The number of hydrogen-bond acceptors (Lipinski definition) is 2. The van der Waals surface area contributed by atoms with Gasteiger partial charge in [-0.3, -0.25) is 4.79 Å². The fourth-order valence-corrected chi connectivity index (χ4v) is 2.54. The Morgan fingerprint density at radius 1 is 1.41 bits per heavy atom. The number of phenolic OH excluding ortho intramolecular Hbond substituents is 1. The normalized spacial score (nSPS) is 11.2. The average Bonchev–Trinajstić information content (AvgIpc) is 2.20. The summed E-state index contributed by atoms with van der Waals surface area (Å²) in [6.07, 6.45) is 1.07. The maximum atomic E-state index is 11.8. The summed E-state index contributed by atoms with van der Waals surface area (Å²) in [5.41, 5.74) is 0.421. The van der Waals surface area contributed by atoms with Crippen LogP contribution in [0.1, 0.15) is 25.8 Å². The molecule has 17 heavy (non-hydrogen) atoms. The Balaban J connectivity index is 2.59. The van der Waals surface area contributed by atoms with E-state index in [1.807, 2.05) is 19.9 Å². The summed E-state index contributed by atoms with van der Waals surface area (Å²) >= 11 is 3.36. The zero-order valence-electron chi connectivity index (χ0n) is 10.2. The van der Waals surface area contributed by atoms with Crippen LogP contribution < -0.4 is 5.32 Å². The van der Waals surface area contributed by atoms with Crippen molar-refractivity contribution < 1.29 is 9.90 Å². The Kier molecular flexibility index (Phi) is 5.00. The molecule has 0 aromatic heterocycles. The molecule has 1 rings (SSSR count). The van der Waals surface area contributed by atoms with Crippen molar-refractivity contribution in [2.75, 3.05) is 5.33 Å². The second kappa shape index (κ2) is 6.05. The van der Waals surface area contributed by atoms with Crippen LogP contribution in [0.25, 0.3) is 0 Å². The number of para-hydroxylation sites is 1. The number of nitrogens with one attached hydrogen (secondary N) is 1. The molecule has 0 spiro atoms. The molecule has 94 valence electrons. The lowest BCUT2D eigenvalue weighted by molar-refractivity contribution is -0.122. The molecule has 0 radical (unpaired) electrons. The molecule has 0 saturated heterocycles. The van der Waals surface area contributed by atoms with Crippen LogP contribution >= 0.6 is 15.9 Å². The first-order valence-electron chi connectivity index (χ1n) is 5.58. The molecule has 0 aliphatic rings. The molecule has 0 heterocycles. The molecule has 0 aliphatic carbocycles. The number of halogens is 1. The summed E-state index contributed by atoms with van der Waals surface area (Å²) in [6.45, 7) is 3.97. The van der Waals surface area contributed by atoms with Gasteiger partial charge in [-0.1, -0.05) is 34.1 Å². The molecule has 1 aromatic carbocycles. The lowest BCUT2D eigenvalue weighted by Gasteiger charge is -2.25. The van der Waals surface area contributed by atoms with E-state index in [1.54, 1.807) is 18.2 Å². The molecule has 0 fully saturated rings. The van der Waals surface area contributed by atoms with E-state index >= 15 is 0 Å². The predicted molar refractivity (Wildman–Crippen MR) is 72.4 cm³/mol. The van der Waals surface area contributed by atoms with E-state index in [9.17, 15) is 9.90 Å². The molecule has 1 amide bonds. The molecular formula is C13H18BrNO2. The van der Waals surface area contributed by atoms with E-state index in [1.165, 1.54) is 0 Å². The van der Waals surface area contributed by atoms with Crippen molar-refractivity contribution in [2.45, 2.75) is 32.2 Å². The highest BCUT2D eigenvalue weighted by molar-refractivity contribution is 9.09. The Labute approximate surface area is 110 Å². The van der Waals surface area contributed by atoms with Crippen molar-refractivity contribution >= 4 is 21.8 Å². The smallest absolute Gasteiger partial charge is 0.224 e. The number of carbonyl (C=O) groups is 1. The molecule has 3 nitrogen and oxygen atoms in total. The molecule has 0 unspecified atom stereocenters. The van der Waals surface area contributed by atoms with Crippen molar-refractivity contribution in [3.05, 3.63) is 29.8 Å². The lowest BCUT2D eigenvalue weighted by atomic mass is 10.0. The van der Waals surface area contributed by atoms with Gasteiger partial charge in [0.15, 0.2) is 0 Å². The Bertz CT molecular complexity index is 391. The Hall–Kier alpha value is -1.03. The van der Waals surface area contributed by atoms with E-state index < -0.39 is 0 Å². The number of phenols is 1. The van der Waals surface area contributed by atoms with E-state index in [-0.39, 0.29) is 23.6 Å². The third-order valence-corrected chi connectivity index (χ3v) is 2.94. The fourth-order valence-electron chi connectivity index (χ4n) is 1.55. The van der Waals surface area contributed by atoms with Crippen molar-refractivity contribution in [3.63, 3.8) is 0 Å². The summed E-state index contributed by atoms with van der Waals surface area (Å²) in [5.74, 6) is 0.0957. The second-order valence-corrected chi connectivity index (χ2v) is 5.47. The Morgan fingerprint density at radius 3 is 2.65 bits per heavy atom. The zero-order valence-corrected chi connectivity index (χ0v) is 11.8. The topological polar surface area (TPSA) is 49.3 Å². The molecule has 2 N–H and O–H groups in total. The van der Waals surface area contributed by atoms with E-state index in [0.717, 1.165) is 11.8 Å². The summed E-state index contributed by atoms with van der Waals surface area (Å²) in [6, 6.07) is 6.90. The van der Waals surface area contributed by atoms with Crippen LogP contribution in [0.15, 0.2) is 24.3 Å². The highest BCUT2D eigenvalue weighted by Crippen LogP contribution is 2.17. The van der Waals surface area contributed by atoms with Crippen molar-refractivity contribution in [1.82, 2.24) is 5.32 Å². The number of hydrogen-bond donors (Lipinski definition) is 2. The molecule has 0 aliphatic heterocycles. The van der Waals surface area contributed by atoms with Gasteiger partial charge in [0, 0.05) is 16.4 Å². The van der Waals surface area contributed by atoms with Gasteiger partial charge >= 0.3 is 0 Å². The summed E-state index contributed by atoms with van der Waals surface area (Å²) < 4.78 is 0. The second-order valence-electron chi connectivity index (χ2n) is 4.68. The predicted octanol–water partition coefficient (Wildman–Crippen LogP) is 2.61. The maximum absolute atomic E-state index is 11.8. The standard InChI is InChI=1S/C13H18BrNO2/c1-13(2,7-8-14)15-12(17)9-10-5-3-4-6-11(10)16/h3-6,16H,7-9H2,1-2H3,(H,15,17). The van der Waals surface area contributed by atoms with Gasteiger partial charge < -0.3 is 10.4 Å². The van der Waals surface area contributed by atoms with E-state index in [2.05, 4.69) is 21.2 Å². The van der Waals surface area contributed by atoms with Gasteiger partial charge in [-0.05, 0) is 26.3 Å². The zero-order chi connectivity index (χ0) is 12.9. The fraction of sp³-hybridized carbons (Fsp3) is 0.462. The number of alkyl halides is 1. The maximum Gasteiger partial charge on any atom is 0.224 e. The van der Waals surface area contributed by atoms with Gasteiger partial charge in [-0.25, -0.2) is 0 Å². The molecule has 0 atom stereocenters. The van der Waals surface area contributed by atoms with Gasteiger partial charge in [0.25, 0.3) is 0 Å². The number of amides is 1. The van der Waals surface area contributed by atoms with Gasteiger partial charge in [0.1, 0.15) is 5.75 Å². The van der Waals surface area contributed by atoms with Crippen LogP contribution in [0.4, 0.5) is 0 Å². The summed E-state index contributed by atoms with van der Waals surface area (Å²) in [5, 5.41) is 13.4. The molecule has 0 bridgehead atoms. The number of aromatic hydroxyl groups is 1.